The van der Waals surface area contributed by atoms with Crippen molar-refractivity contribution < 1.29 is 4.79 Å². The van der Waals surface area contributed by atoms with Crippen molar-refractivity contribution >= 4 is 22.0 Å². The average molecular weight is 255 g/mol. The Kier molecular flexibility index (Phi) is 2.23. The lowest BCUT2D eigenvalue weighted by molar-refractivity contribution is 0.245. The fourth-order valence-corrected chi connectivity index (χ4v) is 1.85. The molecule has 2 rings (SSSR count). The normalized spacial score (nSPS) is 25.7. The lowest BCUT2D eigenvalue weighted by atomic mass is 9.93. The maximum atomic E-state index is 11.1. The molecule has 1 aliphatic heterocycles. The molecule has 74 valence electrons. The van der Waals surface area contributed by atoms with Crippen LogP contribution in [0, 0.1) is 0 Å². The standard InChI is InChI=1S/C10H11BrN2O/c1-10(6-12-9(14)13-10)7-2-4-8(11)5-3-7/h2-5H,6H2,1H3,(H2,12,13,14). The Hall–Kier alpha value is -1.03. The number of rotatable bonds is 1. The molecule has 0 bridgehead atoms. The first-order valence-electron chi connectivity index (χ1n) is 4.42. The molecule has 1 atom stereocenters. The second kappa shape index (κ2) is 3.28. The van der Waals surface area contributed by atoms with Gasteiger partial charge < -0.3 is 10.6 Å². The summed E-state index contributed by atoms with van der Waals surface area (Å²) in [5.41, 5.74) is 0.830. The molecule has 4 heteroatoms. The summed E-state index contributed by atoms with van der Waals surface area (Å²) < 4.78 is 1.04. The topological polar surface area (TPSA) is 41.1 Å². The first-order chi connectivity index (χ1) is 6.60. The van der Waals surface area contributed by atoms with E-state index in [0.29, 0.717) is 6.54 Å². The minimum atomic E-state index is -0.280. The van der Waals surface area contributed by atoms with Crippen molar-refractivity contribution in [1.82, 2.24) is 10.6 Å². The number of benzene rings is 1. The zero-order chi connectivity index (χ0) is 10.2. The monoisotopic (exact) mass is 254 g/mol. The molecule has 3 nitrogen and oxygen atoms in total. The fourth-order valence-electron chi connectivity index (χ4n) is 1.59. The highest BCUT2D eigenvalue weighted by Gasteiger charge is 2.34. The molecule has 0 aromatic heterocycles. The van der Waals surface area contributed by atoms with Crippen molar-refractivity contribution in [3.05, 3.63) is 34.3 Å². The number of amides is 2. The Morgan fingerprint density at radius 3 is 2.50 bits per heavy atom. The summed E-state index contributed by atoms with van der Waals surface area (Å²) in [6.45, 7) is 2.64. The van der Waals surface area contributed by atoms with E-state index in [4.69, 9.17) is 0 Å². The van der Waals surface area contributed by atoms with Crippen molar-refractivity contribution in [1.29, 1.82) is 0 Å². The van der Waals surface area contributed by atoms with Gasteiger partial charge in [-0.05, 0) is 24.6 Å². The van der Waals surface area contributed by atoms with Gasteiger partial charge in [0.2, 0.25) is 0 Å². The van der Waals surface area contributed by atoms with Gasteiger partial charge in [-0.15, -0.1) is 0 Å². The molecule has 1 aromatic rings. The summed E-state index contributed by atoms with van der Waals surface area (Å²) in [4.78, 5) is 11.1. The lowest BCUT2D eigenvalue weighted by Crippen LogP contribution is -2.37. The van der Waals surface area contributed by atoms with E-state index in [9.17, 15) is 4.79 Å². The van der Waals surface area contributed by atoms with Crippen LogP contribution in [0.3, 0.4) is 0 Å². The number of carbonyl (C=O) groups is 1. The highest BCUT2D eigenvalue weighted by Crippen LogP contribution is 2.24. The molecular formula is C10H11BrN2O. The Morgan fingerprint density at radius 1 is 1.36 bits per heavy atom. The highest BCUT2D eigenvalue weighted by atomic mass is 79.9. The third-order valence-corrected chi connectivity index (χ3v) is 3.00. The molecule has 1 saturated heterocycles. The number of hydrogen-bond donors (Lipinski definition) is 2. The van der Waals surface area contributed by atoms with E-state index < -0.39 is 0 Å². The number of nitrogens with one attached hydrogen (secondary N) is 2. The number of urea groups is 1. The molecule has 0 aliphatic carbocycles. The Morgan fingerprint density at radius 2 is 2.00 bits per heavy atom. The maximum Gasteiger partial charge on any atom is 0.315 e. The van der Waals surface area contributed by atoms with Crippen LogP contribution in [0.15, 0.2) is 28.7 Å². The molecule has 0 radical (unpaired) electrons. The Bertz CT molecular complexity index is 363. The maximum absolute atomic E-state index is 11.1. The summed E-state index contributed by atoms with van der Waals surface area (Å²) in [5.74, 6) is 0. The van der Waals surface area contributed by atoms with E-state index in [0.717, 1.165) is 10.0 Å². The van der Waals surface area contributed by atoms with Gasteiger partial charge in [-0.3, -0.25) is 0 Å². The van der Waals surface area contributed by atoms with Crippen LogP contribution < -0.4 is 10.6 Å². The minimum absolute atomic E-state index is 0.101. The third-order valence-electron chi connectivity index (χ3n) is 2.47. The van der Waals surface area contributed by atoms with Crippen molar-refractivity contribution in [2.45, 2.75) is 12.5 Å². The van der Waals surface area contributed by atoms with Gasteiger partial charge in [0.15, 0.2) is 0 Å². The summed E-state index contributed by atoms with van der Waals surface area (Å²) in [6, 6.07) is 7.88. The predicted octanol–water partition coefficient (Wildman–Crippen LogP) is 1.98. The van der Waals surface area contributed by atoms with Crippen LogP contribution >= 0.6 is 15.9 Å². The molecule has 1 heterocycles. The first-order valence-corrected chi connectivity index (χ1v) is 5.21. The smallest absolute Gasteiger partial charge is 0.315 e. The average Bonchev–Trinajstić information content (AvgIpc) is 2.48. The molecule has 2 amide bonds. The summed E-state index contributed by atoms with van der Waals surface area (Å²) >= 11 is 3.38. The second-order valence-electron chi connectivity index (χ2n) is 3.65. The van der Waals surface area contributed by atoms with Gasteiger partial charge in [0.1, 0.15) is 0 Å². The molecule has 0 spiro atoms. The molecule has 1 unspecified atom stereocenters. The SMILES string of the molecule is CC1(c2ccc(Br)cc2)CNC(=O)N1. The van der Waals surface area contributed by atoms with Crippen LogP contribution in [0.5, 0.6) is 0 Å². The third kappa shape index (κ3) is 1.62. The van der Waals surface area contributed by atoms with Crippen LogP contribution in [-0.4, -0.2) is 12.6 Å². The van der Waals surface area contributed by atoms with Crippen LogP contribution in [-0.2, 0) is 5.54 Å². The number of halogens is 1. The highest BCUT2D eigenvalue weighted by molar-refractivity contribution is 9.10. The lowest BCUT2D eigenvalue weighted by Gasteiger charge is -2.22. The van der Waals surface area contributed by atoms with Gasteiger partial charge in [-0.2, -0.15) is 0 Å². The van der Waals surface area contributed by atoms with Crippen LogP contribution in [0.2, 0.25) is 0 Å². The van der Waals surface area contributed by atoms with Crippen LogP contribution in [0.1, 0.15) is 12.5 Å². The number of carbonyl (C=O) groups excluding carboxylic acids is 1. The Labute approximate surface area is 91.0 Å². The minimum Gasteiger partial charge on any atom is -0.335 e. The van der Waals surface area contributed by atoms with Crippen molar-refractivity contribution in [2.24, 2.45) is 0 Å². The largest absolute Gasteiger partial charge is 0.335 e. The molecule has 2 N–H and O–H groups in total. The van der Waals surface area contributed by atoms with E-state index >= 15 is 0 Å². The Balaban J connectivity index is 2.30. The first kappa shape index (κ1) is 9.52. The molecular weight excluding hydrogens is 244 g/mol. The van der Waals surface area contributed by atoms with Gasteiger partial charge in [-0.25, -0.2) is 4.79 Å². The van der Waals surface area contributed by atoms with Gasteiger partial charge in [0.05, 0.1) is 5.54 Å². The zero-order valence-electron chi connectivity index (χ0n) is 7.80. The summed E-state index contributed by atoms with van der Waals surface area (Å²) in [7, 11) is 0. The van der Waals surface area contributed by atoms with Gasteiger partial charge in [-0.1, -0.05) is 28.1 Å². The molecule has 1 aliphatic rings. The summed E-state index contributed by atoms with van der Waals surface area (Å²) in [5, 5.41) is 5.66. The molecule has 1 fully saturated rings. The second-order valence-corrected chi connectivity index (χ2v) is 4.56. The van der Waals surface area contributed by atoms with E-state index in [1.165, 1.54) is 0 Å². The van der Waals surface area contributed by atoms with Crippen molar-refractivity contribution in [3.8, 4) is 0 Å². The number of hydrogen-bond acceptors (Lipinski definition) is 1. The van der Waals surface area contributed by atoms with Crippen molar-refractivity contribution in [2.75, 3.05) is 6.54 Å². The zero-order valence-corrected chi connectivity index (χ0v) is 9.39. The van der Waals surface area contributed by atoms with E-state index in [1.807, 2.05) is 31.2 Å². The van der Waals surface area contributed by atoms with Gasteiger partial charge in [0, 0.05) is 11.0 Å². The quantitative estimate of drug-likeness (QED) is 0.791. The van der Waals surface area contributed by atoms with E-state index in [1.54, 1.807) is 0 Å². The van der Waals surface area contributed by atoms with Gasteiger partial charge in [0.25, 0.3) is 0 Å². The fraction of sp³-hybridized carbons (Fsp3) is 0.300. The summed E-state index contributed by atoms with van der Waals surface area (Å²) in [6.07, 6.45) is 0. The van der Waals surface area contributed by atoms with E-state index in [-0.39, 0.29) is 11.6 Å². The molecule has 14 heavy (non-hydrogen) atoms. The molecule has 1 aromatic carbocycles. The molecule has 0 saturated carbocycles. The van der Waals surface area contributed by atoms with Gasteiger partial charge >= 0.3 is 6.03 Å². The van der Waals surface area contributed by atoms with Crippen molar-refractivity contribution in [3.63, 3.8) is 0 Å². The predicted molar refractivity (Wildman–Crippen MR) is 58.0 cm³/mol. The van der Waals surface area contributed by atoms with Crippen LogP contribution in [0.4, 0.5) is 4.79 Å². The van der Waals surface area contributed by atoms with E-state index in [2.05, 4.69) is 26.6 Å². The van der Waals surface area contributed by atoms with Crippen LogP contribution in [0.25, 0.3) is 0 Å².